The number of anilines is 1. The zero-order valence-corrected chi connectivity index (χ0v) is 12.0. The van der Waals surface area contributed by atoms with Crippen molar-refractivity contribution in [3.8, 4) is 5.75 Å². The van der Waals surface area contributed by atoms with E-state index >= 15 is 0 Å². The van der Waals surface area contributed by atoms with Crippen molar-refractivity contribution in [2.75, 3.05) is 19.8 Å². The van der Waals surface area contributed by atoms with Gasteiger partial charge in [0.15, 0.2) is 0 Å². The first-order valence-electron chi connectivity index (χ1n) is 6.46. The van der Waals surface area contributed by atoms with Crippen molar-refractivity contribution in [3.63, 3.8) is 0 Å². The summed E-state index contributed by atoms with van der Waals surface area (Å²) in [5.41, 5.74) is 7.13. The second kappa shape index (κ2) is 6.26. The summed E-state index contributed by atoms with van der Waals surface area (Å²) in [4.78, 5) is 13.4. The molecule has 5 heteroatoms. The average Bonchev–Trinajstić information content (AvgIpc) is 2.47. The Morgan fingerprint density at radius 3 is 2.62 bits per heavy atom. The first kappa shape index (κ1) is 14.8. The van der Waals surface area contributed by atoms with Crippen LogP contribution in [0.5, 0.6) is 5.75 Å². The van der Waals surface area contributed by atoms with Gasteiger partial charge in [-0.3, -0.25) is 4.79 Å². The molecule has 4 nitrogen and oxygen atoms in total. The van der Waals surface area contributed by atoms with Gasteiger partial charge in [-0.2, -0.15) is 0 Å². The summed E-state index contributed by atoms with van der Waals surface area (Å²) in [5.74, 6) is -0.117. The molecule has 2 N–H and O–H groups in total. The van der Waals surface area contributed by atoms with Gasteiger partial charge in [-0.1, -0.05) is 18.2 Å². The summed E-state index contributed by atoms with van der Waals surface area (Å²) in [6.45, 7) is 0.0521. The van der Waals surface area contributed by atoms with Gasteiger partial charge >= 0.3 is 0 Å². The van der Waals surface area contributed by atoms with E-state index < -0.39 is 0 Å². The number of carbonyl (C=O) groups excluding carboxylic acids is 1. The van der Waals surface area contributed by atoms with E-state index in [1.165, 1.54) is 11.0 Å². The minimum absolute atomic E-state index is 0.0521. The van der Waals surface area contributed by atoms with Crippen LogP contribution in [0.3, 0.4) is 0 Å². The average molecular weight is 288 g/mol. The lowest BCUT2D eigenvalue weighted by atomic mass is 10.1. The van der Waals surface area contributed by atoms with Gasteiger partial charge in [0.2, 0.25) is 0 Å². The SMILES string of the molecule is CN(C)C(=O)c1ccc(N)c(OCc2ccccc2F)c1. The van der Waals surface area contributed by atoms with Crippen LogP contribution in [-0.2, 0) is 6.61 Å². The van der Waals surface area contributed by atoms with E-state index in [0.29, 0.717) is 22.6 Å². The first-order chi connectivity index (χ1) is 9.99. The van der Waals surface area contributed by atoms with Crippen molar-refractivity contribution < 1.29 is 13.9 Å². The molecule has 0 unspecified atom stereocenters. The molecular formula is C16H17FN2O2. The van der Waals surface area contributed by atoms with Crippen LogP contribution in [0.1, 0.15) is 15.9 Å². The van der Waals surface area contributed by atoms with Crippen LogP contribution in [0.2, 0.25) is 0 Å². The molecule has 2 rings (SSSR count). The Hall–Kier alpha value is -2.56. The van der Waals surface area contributed by atoms with E-state index in [9.17, 15) is 9.18 Å². The van der Waals surface area contributed by atoms with Crippen molar-refractivity contribution in [3.05, 3.63) is 59.4 Å². The number of amides is 1. The molecule has 0 atom stereocenters. The number of hydrogen-bond acceptors (Lipinski definition) is 3. The van der Waals surface area contributed by atoms with Gasteiger partial charge in [0, 0.05) is 25.2 Å². The standard InChI is InChI=1S/C16H17FN2O2/c1-19(2)16(20)11-7-8-14(18)15(9-11)21-10-12-5-3-4-6-13(12)17/h3-9H,10,18H2,1-2H3. The van der Waals surface area contributed by atoms with Crippen LogP contribution in [0.15, 0.2) is 42.5 Å². The fourth-order valence-electron chi connectivity index (χ4n) is 1.82. The van der Waals surface area contributed by atoms with Crippen LogP contribution >= 0.6 is 0 Å². The van der Waals surface area contributed by atoms with E-state index in [0.717, 1.165) is 0 Å². The number of ether oxygens (including phenoxy) is 1. The van der Waals surface area contributed by atoms with Crippen molar-refractivity contribution in [1.82, 2.24) is 4.90 Å². The zero-order valence-electron chi connectivity index (χ0n) is 12.0. The van der Waals surface area contributed by atoms with E-state index in [-0.39, 0.29) is 18.3 Å². The maximum Gasteiger partial charge on any atom is 0.253 e. The molecule has 0 fully saturated rings. The quantitative estimate of drug-likeness (QED) is 0.880. The molecule has 0 saturated heterocycles. The van der Waals surface area contributed by atoms with Crippen LogP contribution in [-0.4, -0.2) is 24.9 Å². The number of carbonyl (C=O) groups is 1. The molecule has 0 aliphatic carbocycles. The molecule has 1 amide bonds. The maximum atomic E-state index is 13.5. The van der Waals surface area contributed by atoms with E-state index in [1.807, 2.05) is 0 Å². The lowest BCUT2D eigenvalue weighted by Crippen LogP contribution is -2.21. The molecular weight excluding hydrogens is 271 g/mol. The summed E-state index contributed by atoms with van der Waals surface area (Å²) >= 11 is 0. The van der Waals surface area contributed by atoms with E-state index in [1.54, 1.807) is 50.5 Å². The number of nitrogens with zero attached hydrogens (tertiary/aromatic N) is 1. The lowest BCUT2D eigenvalue weighted by Gasteiger charge is -2.13. The maximum absolute atomic E-state index is 13.5. The van der Waals surface area contributed by atoms with E-state index in [4.69, 9.17) is 10.5 Å². The van der Waals surface area contributed by atoms with Crippen LogP contribution < -0.4 is 10.5 Å². The second-order valence-corrected chi connectivity index (χ2v) is 4.83. The molecule has 0 aliphatic heterocycles. The monoisotopic (exact) mass is 288 g/mol. The van der Waals surface area contributed by atoms with Gasteiger partial charge in [0.25, 0.3) is 5.91 Å². The second-order valence-electron chi connectivity index (χ2n) is 4.83. The van der Waals surface area contributed by atoms with E-state index in [2.05, 4.69) is 0 Å². The van der Waals surface area contributed by atoms with Gasteiger partial charge in [-0.15, -0.1) is 0 Å². The van der Waals surface area contributed by atoms with Crippen molar-refractivity contribution in [2.24, 2.45) is 0 Å². The predicted molar refractivity (Wildman–Crippen MR) is 79.6 cm³/mol. The number of nitrogen functional groups attached to an aromatic ring is 1. The van der Waals surface area contributed by atoms with Gasteiger partial charge in [0.05, 0.1) is 5.69 Å². The molecule has 0 heterocycles. The first-order valence-corrected chi connectivity index (χ1v) is 6.46. The molecule has 21 heavy (non-hydrogen) atoms. The fourth-order valence-corrected chi connectivity index (χ4v) is 1.82. The summed E-state index contributed by atoms with van der Waals surface area (Å²) in [5, 5.41) is 0. The minimum atomic E-state index is -0.336. The predicted octanol–water partition coefficient (Wildman–Crippen LogP) is 2.69. The van der Waals surface area contributed by atoms with Crippen LogP contribution in [0.4, 0.5) is 10.1 Å². The van der Waals surface area contributed by atoms with Crippen molar-refractivity contribution in [2.45, 2.75) is 6.61 Å². The minimum Gasteiger partial charge on any atom is -0.487 e. The molecule has 110 valence electrons. The molecule has 0 spiro atoms. The fraction of sp³-hybridized carbons (Fsp3) is 0.188. The Kier molecular flexibility index (Phi) is 4.42. The van der Waals surface area contributed by atoms with Crippen LogP contribution in [0, 0.1) is 5.82 Å². The molecule has 0 aromatic heterocycles. The smallest absolute Gasteiger partial charge is 0.253 e. The van der Waals surface area contributed by atoms with Crippen LogP contribution in [0.25, 0.3) is 0 Å². The summed E-state index contributed by atoms with van der Waals surface area (Å²) in [7, 11) is 3.33. The van der Waals surface area contributed by atoms with Crippen molar-refractivity contribution in [1.29, 1.82) is 0 Å². The Balaban J connectivity index is 2.18. The number of halogens is 1. The molecule has 0 radical (unpaired) electrons. The Labute approximate surface area is 122 Å². The third-order valence-corrected chi connectivity index (χ3v) is 3.01. The third-order valence-electron chi connectivity index (χ3n) is 3.01. The summed E-state index contributed by atoms with van der Waals surface area (Å²) < 4.78 is 19.1. The van der Waals surface area contributed by atoms with Crippen molar-refractivity contribution >= 4 is 11.6 Å². The third kappa shape index (κ3) is 3.51. The largest absolute Gasteiger partial charge is 0.487 e. The molecule has 0 bridgehead atoms. The van der Waals surface area contributed by atoms with Gasteiger partial charge in [0.1, 0.15) is 18.2 Å². The number of hydrogen-bond donors (Lipinski definition) is 1. The lowest BCUT2D eigenvalue weighted by molar-refractivity contribution is 0.0827. The topological polar surface area (TPSA) is 55.6 Å². The molecule has 2 aromatic rings. The highest BCUT2D eigenvalue weighted by Crippen LogP contribution is 2.24. The normalized spacial score (nSPS) is 10.2. The zero-order chi connectivity index (χ0) is 15.4. The highest BCUT2D eigenvalue weighted by molar-refractivity contribution is 5.94. The van der Waals surface area contributed by atoms with Gasteiger partial charge < -0.3 is 15.4 Å². The number of rotatable bonds is 4. The Morgan fingerprint density at radius 2 is 1.95 bits per heavy atom. The molecule has 2 aromatic carbocycles. The Bertz CT molecular complexity index is 656. The Morgan fingerprint density at radius 1 is 1.24 bits per heavy atom. The number of nitrogens with two attached hydrogens (primary N) is 1. The highest BCUT2D eigenvalue weighted by atomic mass is 19.1. The number of benzene rings is 2. The summed E-state index contributed by atoms with van der Waals surface area (Å²) in [6.07, 6.45) is 0. The molecule has 0 aliphatic rings. The van der Waals surface area contributed by atoms with Gasteiger partial charge in [-0.05, 0) is 24.3 Å². The van der Waals surface area contributed by atoms with Gasteiger partial charge in [-0.25, -0.2) is 4.39 Å². The summed E-state index contributed by atoms with van der Waals surface area (Å²) in [6, 6.07) is 11.2. The molecule has 0 saturated carbocycles. The highest BCUT2D eigenvalue weighted by Gasteiger charge is 2.11.